The second-order valence-corrected chi connectivity index (χ2v) is 6.62. The van der Waals surface area contributed by atoms with Crippen molar-refractivity contribution in [2.45, 2.75) is 0 Å². The Morgan fingerprint density at radius 3 is 2.12 bits per heavy atom. The highest BCUT2D eigenvalue weighted by molar-refractivity contribution is 6.27. The van der Waals surface area contributed by atoms with Crippen LogP contribution in [0.5, 0.6) is 0 Å². The highest BCUT2D eigenvalue weighted by atomic mass is 16.3. The van der Waals surface area contributed by atoms with E-state index in [4.69, 9.17) is 4.42 Å². The molecule has 0 saturated heterocycles. The Labute approximate surface area is 149 Å². The number of nitrogens with zero attached hydrogens (tertiary/aromatic N) is 1. The lowest BCUT2D eigenvalue weighted by molar-refractivity contribution is 0.669. The molecule has 0 atom stereocenters. The van der Waals surface area contributed by atoms with E-state index in [0.29, 0.717) is 0 Å². The van der Waals surface area contributed by atoms with E-state index in [-0.39, 0.29) is 0 Å². The number of aromatic nitrogens is 1. The lowest BCUT2D eigenvalue weighted by atomic mass is 10.1. The Morgan fingerprint density at radius 2 is 1.23 bits per heavy atom. The van der Waals surface area contributed by atoms with E-state index in [0.717, 1.165) is 11.2 Å². The van der Waals surface area contributed by atoms with Crippen molar-refractivity contribution in [1.82, 2.24) is 4.57 Å². The fraction of sp³-hybridized carbons (Fsp3) is 0. The molecule has 0 aliphatic rings. The van der Waals surface area contributed by atoms with Crippen LogP contribution in [0.3, 0.4) is 0 Å². The SMILES string of the molecule is c1ccc(-n2c3ccccc3c3c4c(ccc32)oc2ccccc24)cc1. The number of rotatable bonds is 1. The number of furan rings is 1. The molecule has 0 spiro atoms. The summed E-state index contributed by atoms with van der Waals surface area (Å²) < 4.78 is 8.45. The molecule has 2 aromatic heterocycles. The molecule has 0 saturated carbocycles. The van der Waals surface area contributed by atoms with Crippen LogP contribution >= 0.6 is 0 Å². The van der Waals surface area contributed by atoms with Crippen molar-refractivity contribution in [2.75, 3.05) is 0 Å². The van der Waals surface area contributed by atoms with Crippen LogP contribution in [0.1, 0.15) is 0 Å². The molecule has 26 heavy (non-hydrogen) atoms. The quantitative estimate of drug-likeness (QED) is 0.328. The summed E-state index contributed by atoms with van der Waals surface area (Å²) in [6.45, 7) is 0. The number of hydrogen-bond donors (Lipinski definition) is 0. The second kappa shape index (κ2) is 4.99. The van der Waals surface area contributed by atoms with Gasteiger partial charge in [0, 0.05) is 27.2 Å². The van der Waals surface area contributed by atoms with E-state index in [2.05, 4.69) is 83.4 Å². The van der Waals surface area contributed by atoms with Crippen LogP contribution in [0.15, 0.2) is 95.4 Å². The predicted molar refractivity (Wildman–Crippen MR) is 108 cm³/mol. The van der Waals surface area contributed by atoms with Crippen LogP contribution in [-0.2, 0) is 0 Å². The van der Waals surface area contributed by atoms with Crippen molar-refractivity contribution in [3.8, 4) is 5.69 Å². The molecule has 0 unspecified atom stereocenters. The Bertz CT molecular complexity index is 1420. The highest BCUT2D eigenvalue weighted by Crippen LogP contribution is 2.40. The molecule has 0 N–H and O–H groups in total. The first-order valence-corrected chi connectivity index (χ1v) is 8.81. The fourth-order valence-corrected chi connectivity index (χ4v) is 4.13. The number of fused-ring (bicyclic) bond motifs is 7. The van der Waals surface area contributed by atoms with Gasteiger partial charge in [-0.15, -0.1) is 0 Å². The molecule has 0 aliphatic carbocycles. The largest absolute Gasteiger partial charge is 0.456 e. The van der Waals surface area contributed by atoms with Gasteiger partial charge in [-0.05, 0) is 36.4 Å². The maximum Gasteiger partial charge on any atom is 0.136 e. The van der Waals surface area contributed by atoms with Gasteiger partial charge in [-0.3, -0.25) is 0 Å². The van der Waals surface area contributed by atoms with Crippen molar-refractivity contribution in [1.29, 1.82) is 0 Å². The molecule has 6 rings (SSSR count). The summed E-state index contributed by atoms with van der Waals surface area (Å²) in [6.07, 6.45) is 0. The third-order valence-corrected chi connectivity index (χ3v) is 5.19. The molecule has 0 aliphatic heterocycles. The van der Waals surface area contributed by atoms with Crippen LogP contribution < -0.4 is 0 Å². The maximum absolute atomic E-state index is 6.12. The number of para-hydroxylation sites is 3. The van der Waals surface area contributed by atoms with Gasteiger partial charge in [0.2, 0.25) is 0 Å². The molecule has 122 valence electrons. The first kappa shape index (κ1) is 13.7. The van der Waals surface area contributed by atoms with Crippen LogP contribution in [0.4, 0.5) is 0 Å². The minimum absolute atomic E-state index is 0.937. The summed E-state index contributed by atoms with van der Waals surface area (Å²) in [4.78, 5) is 0. The van der Waals surface area contributed by atoms with Crippen molar-refractivity contribution >= 4 is 43.7 Å². The van der Waals surface area contributed by atoms with E-state index in [1.54, 1.807) is 0 Å². The Hall–Kier alpha value is -3.52. The highest BCUT2D eigenvalue weighted by Gasteiger charge is 2.17. The average Bonchev–Trinajstić information content (AvgIpc) is 3.24. The van der Waals surface area contributed by atoms with Gasteiger partial charge in [0.1, 0.15) is 11.2 Å². The molecule has 0 fully saturated rings. The van der Waals surface area contributed by atoms with E-state index < -0.39 is 0 Å². The van der Waals surface area contributed by atoms with Crippen LogP contribution in [0.2, 0.25) is 0 Å². The van der Waals surface area contributed by atoms with Gasteiger partial charge in [-0.2, -0.15) is 0 Å². The van der Waals surface area contributed by atoms with Gasteiger partial charge in [-0.1, -0.05) is 54.6 Å². The van der Waals surface area contributed by atoms with Crippen LogP contribution in [0.25, 0.3) is 49.4 Å². The second-order valence-electron chi connectivity index (χ2n) is 6.62. The topological polar surface area (TPSA) is 18.1 Å². The molecule has 2 nitrogen and oxygen atoms in total. The van der Waals surface area contributed by atoms with Crippen LogP contribution in [0, 0.1) is 0 Å². The van der Waals surface area contributed by atoms with E-state index in [1.165, 1.54) is 38.3 Å². The summed E-state index contributed by atoms with van der Waals surface area (Å²) in [5.41, 5.74) is 5.47. The third-order valence-electron chi connectivity index (χ3n) is 5.19. The third kappa shape index (κ3) is 1.71. The molecule has 0 bridgehead atoms. The zero-order valence-corrected chi connectivity index (χ0v) is 14.0. The molecular formula is C24H15NO. The Kier molecular flexibility index (Phi) is 2.64. The average molecular weight is 333 g/mol. The van der Waals surface area contributed by atoms with Crippen LogP contribution in [-0.4, -0.2) is 4.57 Å². The maximum atomic E-state index is 6.12. The monoisotopic (exact) mass is 333 g/mol. The molecular weight excluding hydrogens is 318 g/mol. The predicted octanol–water partition coefficient (Wildman–Crippen LogP) is 6.68. The minimum atomic E-state index is 0.937. The standard InChI is InChI=1S/C24H15NO/c1-2-8-16(9-3-1)25-19-12-6-4-10-17(19)23-20(25)14-15-22-24(23)18-11-5-7-13-21(18)26-22/h1-15H. The van der Waals surface area contributed by atoms with E-state index in [1.807, 2.05) is 12.1 Å². The molecule has 0 amide bonds. The molecule has 2 heterocycles. The summed E-state index contributed by atoms with van der Waals surface area (Å²) in [5, 5.41) is 4.88. The van der Waals surface area contributed by atoms with E-state index in [9.17, 15) is 0 Å². The first-order chi connectivity index (χ1) is 12.9. The first-order valence-electron chi connectivity index (χ1n) is 8.81. The van der Waals surface area contributed by atoms with Crippen molar-refractivity contribution in [3.63, 3.8) is 0 Å². The number of hydrogen-bond acceptors (Lipinski definition) is 1. The smallest absolute Gasteiger partial charge is 0.136 e. The molecule has 6 aromatic rings. The summed E-state index contributed by atoms with van der Waals surface area (Å²) in [6, 6.07) is 31.7. The zero-order valence-electron chi connectivity index (χ0n) is 14.0. The zero-order chi connectivity index (χ0) is 17.1. The van der Waals surface area contributed by atoms with Gasteiger partial charge in [0.15, 0.2) is 0 Å². The van der Waals surface area contributed by atoms with Crippen molar-refractivity contribution < 1.29 is 4.42 Å². The summed E-state index contributed by atoms with van der Waals surface area (Å²) >= 11 is 0. The lowest BCUT2D eigenvalue weighted by Crippen LogP contribution is -1.92. The van der Waals surface area contributed by atoms with E-state index >= 15 is 0 Å². The minimum Gasteiger partial charge on any atom is -0.456 e. The number of benzene rings is 4. The Balaban J connectivity index is 1.92. The molecule has 0 radical (unpaired) electrons. The molecule has 4 aromatic carbocycles. The van der Waals surface area contributed by atoms with Crippen molar-refractivity contribution in [3.05, 3.63) is 91.0 Å². The van der Waals surface area contributed by atoms with Gasteiger partial charge >= 0.3 is 0 Å². The van der Waals surface area contributed by atoms with Gasteiger partial charge in [0.05, 0.1) is 11.0 Å². The summed E-state index contributed by atoms with van der Waals surface area (Å²) in [5.74, 6) is 0. The normalized spacial score (nSPS) is 11.8. The molecule has 2 heteroatoms. The Morgan fingerprint density at radius 1 is 0.500 bits per heavy atom. The van der Waals surface area contributed by atoms with Crippen molar-refractivity contribution in [2.24, 2.45) is 0 Å². The summed E-state index contributed by atoms with van der Waals surface area (Å²) in [7, 11) is 0. The van der Waals surface area contributed by atoms with Gasteiger partial charge < -0.3 is 8.98 Å². The fourth-order valence-electron chi connectivity index (χ4n) is 4.13. The van der Waals surface area contributed by atoms with Gasteiger partial charge in [0.25, 0.3) is 0 Å². The lowest BCUT2D eigenvalue weighted by Gasteiger charge is -2.07. The van der Waals surface area contributed by atoms with Gasteiger partial charge in [-0.25, -0.2) is 0 Å².